The Kier molecular flexibility index (Phi) is 4.53. The second-order valence-electron chi connectivity index (χ2n) is 7.01. The van der Waals surface area contributed by atoms with Crippen LogP contribution in [0.1, 0.15) is 42.8 Å². The van der Waals surface area contributed by atoms with Gasteiger partial charge in [-0.2, -0.15) is 0 Å². The summed E-state index contributed by atoms with van der Waals surface area (Å²) >= 11 is 0. The van der Waals surface area contributed by atoms with Crippen molar-refractivity contribution < 1.29 is 4.79 Å². The van der Waals surface area contributed by atoms with Gasteiger partial charge in [0.1, 0.15) is 5.82 Å². The Balaban J connectivity index is 1.60. The molecular weight excluding hydrogens is 292 g/mol. The van der Waals surface area contributed by atoms with Crippen LogP contribution in [0, 0.1) is 12.8 Å². The van der Waals surface area contributed by atoms with Crippen LogP contribution in [0.15, 0.2) is 4.79 Å². The molecule has 3 rings (SSSR count). The number of hydrogen-bond acceptors (Lipinski definition) is 4. The molecule has 1 aromatic rings. The molecule has 1 amide bonds. The minimum absolute atomic E-state index is 0.0169. The summed E-state index contributed by atoms with van der Waals surface area (Å²) in [4.78, 5) is 33.4. The fourth-order valence-electron chi connectivity index (χ4n) is 3.70. The minimum Gasteiger partial charge on any atom is -0.332 e. The summed E-state index contributed by atoms with van der Waals surface area (Å²) in [6.07, 6.45) is 3.97. The number of carbonyl (C=O) groups is 1. The largest absolute Gasteiger partial charge is 0.332 e. The third-order valence-corrected chi connectivity index (χ3v) is 5.22. The van der Waals surface area contributed by atoms with Crippen molar-refractivity contribution in [1.29, 1.82) is 0 Å². The lowest BCUT2D eigenvalue weighted by molar-refractivity contribution is -0.132. The predicted molar refractivity (Wildman–Crippen MR) is 87.9 cm³/mol. The third-order valence-electron chi connectivity index (χ3n) is 5.22. The molecule has 1 saturated heterocycles. The van der Waals surface area contributed by atoms with Gasteiger partial charge >= 0.3 is 0 Å². The summed E-state index contributed by atoms with van der Waals surface area (Å²) in [7, 11) is 3.88. The minimum atomic E-state index is -0.0169. The summed E-state index contributed by atoms with van der Waals surface area (Å²) in [5, 5.41) is 0. The molecule has 0 saturated carbocycles. The van der Waals surface area contributed by atoms with Crippen LogP contribution in [0.4, 0.5) is 0 Å². The van der Waals surface area contributed by atoms with Gasteiger partial charge < -0.3 is 9.80 Å². The number of likely N-dealkylation sites (tertiary alicyclic amines) is 1. The van der Waals surface area contributed by atoms with Crippen LogP contribution in [0.3, 0.4) is 0 Å². The highest BCUT2D eigenvalue weighted by molar-refractivity contribution is 5.76. The van der Waals surface area contributed by atoms with E-state index in [1.54, 1.807) is 16.5 Å². The quantitative estimate of drug-likeness (QED) is 0.836. The number of hydrogen-bond donors (Lipinski definition) is 0. The summed E-state index contributed by atoms with van der Waals surface area (Å²) in [5.41, 5.74) is 1.44. The van der Waals surface area contributed by atoms with Gasteiger partial charge in [0.2, 0.25) is 5.91 Å². The molecule has 0 spiro atoms. The fourth-order valence-corrected chi connectivity index (χ4v) is 3.70. The lowest BCUT2D eigenvalue weighted by Gasteiger charge is -2.29. The van der Waals surface area contributed by atoms with Gasteiger partial charge in [-0.05, 0) is 45.7 Å². The van der Waals surface area contributed by atoms with Gasteiger partial charge in [-0.15, -0.1) is 0 Å². The summed E-state index contributed by atoms with van der Waals surface area (Å²) in [5.74, 6) is 1.47. The molecule has 6 nitrogen and oxygen atoms in total. The lowest BCUT2D eigenvalue weighted by Crippen LogP contribution is -2.33. The Morgan fingerprint density at radius 2 is 2.09 bits per heavy atom. The second kappa shape index (κ2) is 6.43. The number of aryl methyl sites for hydroxylation is 1. The van der Waals surface area contributed by atoms with E-state index in [0.717, 1.165) is 18.7 Å². The highest BCUT2D eigenvalue weighted by atomic mass is 16.2. The van der Waals surface area contributed by atoms with Crippen molar-refractivity contribution in [2.24, 2.45) is 13.0 Å². The average molecular weight is 318 g/mol. The second-order valence-corrected chi connectivity index (χ2v) is 7.01. The van der Waals surface area contributed by atoms with E-state index in [4.69, 9.17) is 0 Å². The normalized spacial score (nSPS) is 21.5. The van der Waals surface area contributed by atoms with E-state index in [9.17, 15) is 9.59 Å². The third kappa shape index (κ3) is 3.32. The van der Waals surface area contributed by atoms with Crippen molar-refractivity contribution >= 4 is 5.91 Å². The molecule has 0 aliphatic carbocycles. The molecule has 2 aliphatic heterocycles. The SMILES string of the molecule is Cc1nc2c(c(=O)n1C)CN(C(=O)CC[C@H]1CCCN(C)C1)C2. The van der Waals surface area contributed by atoms with E-state index >= 15 is 0 Å². The molecule has 0 radical (unpaired) electrons. The molecule has 0 unspecified atom stereocenters. The van der Waals surface area contributed by atoms with E-state index in [2.05, 4.69) is 16.9 Å². The van der Waals surface area contributed by atoms with Crippen LogP contribution in [0.25, 0.3) is 0 Å². The number of aromatic nitrogens is 2. The Morgan fingerprint density at radius 3 is 2.83 bits per heavy atom. The number of rotatable bonds is 3. The zero-order chi connectivity index (χ0) is 16.6. The van der Waals surface area contributed by atoms with Crippen molar-refractivity contribution in [2.75, 3.05) is 20.1 Å². The number of amides is 1. The van der Waals surface area contributed by atoms with Crippen LogP contribution in [0.5, 0.6) is 0 Å². The zero-order valence-corrected chi connectivity index (χ0v) is 14.3. The van der Waals surface area contributed by atoms with Crippen molar-refractivity contribution in [3.05, 3.63) is 27.4 Å². The van der Waals surface area contributed by atoms with Crippen LogP contribution in [-0.2, 0) is 24.9 Å². The molecule has 126 valence electrons. The highest BCUT2D eigenvalue weighted by Crippen LogP contribution is 2.23. The van der Waals surface area contributed by atoms with E-state index in [-0.39, 0.29) is 11.5 Å². The molecule has 3 heterocycles. The standard InChI is InChI=1S/C17H26N4O2/c1-12-18-15-11-21(10-14(15)17(23)20(12)3)16(22)7-6-13-5-4-8-19(2)9-13/h13H,4-11H2,1-3H3/t13-/m1/s1. The molecule has 1 aromatic heterocycles. The van der Waals surface area contributed by atoms with Gasteiger partial charge in [-0.25, -0.2) is 4.98 Å². The van der Waals surface area contributed by atoms with Gasteiger partial charge in [0.25, 0.3) is 5.56 Å². The van der Waals surface area contributed by atoms with E-state index < -0.39 is 0 Å². The molecule has 23 heavy (non-hydrogen) atoms. The predicted octanol–water partition coefficient (Wildman–Crippen LogP) is 1.05. The Labute approximate surface area is 137 Å². The summed E-state index contributed by atoms with van der Waals surface area (Å²) in [6.45, 7) is 4.98. The number of fused-ring (bicyclic) bond motifs is 1. The van der Waals surface area contributed by atoms with Crippen molar-refractivity contribution in [3.8, 4) is 0 Å². The van der Waals surface area contributed by atoms with Gasteiger partial charge in [0.05, 0.1) is 24.3 Å². The van der Waals surface area contributed by atoms with Crippen molar-refractivity contribution in [2.45, 2.75) is 45.7 Å². The maximum atomic E-state index is 12.5. The first-order valence-corrected chi connectivity index (χ1v) is 8.47. The summed E-state index contributed by atoms with van der Waals surface area (Å²) < 4.78 is 1.56. The smallest absolute Gasteiger partial charge is 0.258 e. The molecule has 2 aliphatic rings. The Hall–Kier alpha value is -1.69. The van der Waals surface area contributed by atoms with E-state index in [1.807, 2.05) is 6.92 Å². The zero-order valence-electron chi connectivity index (χ0n) is 14.3. The van der Waals surface area contributed by atoms with Crippen LogP contribution >= 0.6 is 0 Å². The number of piperidine rings is 1. The van der Waals surface area contributed by atoms with Crippen molar-refractivity contribution in [3.63, 3.8) is 0 Å². The van der Waals surface area contributed by atoms with Crippen molar-refractivity contribution in [1.82, 2.24) is 19.4 Å². The maximum absolute atomic E-state index is 12.5. The monoisotopic (exact) mass is 318 g/mol. The molecule has 1 atom stereocenters. The van der Waals surface area contributed by atoms with E-state index in [0.29, 0.717) is 36.8 Å². The summed E-state index contributed by atoms with van der Waals surface area (Å²) in [6, 6.07) is 0. The first-order valence-electron chi connectivity index (χ1n) is 8.47. The molecule has 1 fully saturated rings. The number of nitrogens with zero attached hydrogens (tertiary/aromatic N) is 4. The van der Waals surface area contributed by atoms with Crippen LogP contribution < -0.4 is 5.56 Å². The van der Waals surface area contributed by atoms with Gasteiger partial charge in [-0.3, -0.25) is 14.2 Å². The molecule has 0 N–H and O–H groups in total. The number of carbonyl (C=O) groups excluding carboxylic acids is 1. The van der Waals surface area contributed by atoms with Gasteiger partial charge in [-0.1, -0.05) is 0 Å². The molecular formula is C17H26N4O2. The van der Waals surface area contributed by atoms with Crippen LogP contribution in [-0.4, -0.2) is 45.4 Å². The molecule has 0 aromatic carbocycles. The Bertz CT molecular complexity index is 667. The first kappa shape index (κ1) is 16.2. The van der Waals surface area contributed by atoms with Gasteiger partial charge in [0.15, 0.2) is 0 Å². The first-order chi connectivity index (χ1) is 11.0. The Morgan fingerprint density at radius 1 is 1.30 bits per heavy atom. The van der Waals surface area contributed by atoms with Gasteiger partial charge in [0, 0.05) is 20.0 Å². The maximum Gasteiger partial charge on any atom is 0.258 e. The van der Waals surface area contributed by atoms with Crippen LogP contribution in [0.2, 0.25) is 0 Å². The lowest BCUT2D eigenvalue weighted by atomic mass is 9.93. The average Bonchev–Trinajstić information content (AvgIpc) is 2.94. The fraction of sp³-hybridized carbons (Fsp3) is 0.706. The highest BCUT2D eigenvalue weighted by Gasteiger charge is 2.28. The van der Waals surface area contributed by atoms with E-state index in [1.165, 1.54) is 19.4 Å². The molecule has 0 bridgehead atoms. The molecule has 6 heteroatoms. The topological polar surface area (TPSA) is 58.4 Å².